The van der Waals surface area contributed by atoms with Crippen molar-refractivity contribution in [1.29, 1.82) is 0 Å². The normalized spacial score (nSPS) is 15.2. The minimum absolute atomic E-state index is 0.128. The molecule has 0 radical (unpaired) electrons. The molecule has 0 aliphatic carbocycles. The fourth-order valence-corrected chi connectivity index (χ4v) is 1.56. The van der Waals surface area contributed by atoms with E-state index in [1.165, 1.54) is 12.1 Å². The quantitative estimate of drug-likeness (QED) is 0.736. The van der Waals surface area contributed by atoms with Crippen LogP contribution in [-0.4, -0.2) is 16.3 Å². The Morgan fingerprint density at radius 2 is 1.71 bits per heavy atom. The smallest absolute Gasteiger partial charge is 0.152 e. The summed E-state index contributed by atoms with van der Waals surface area (Å²) in [4.78, 5) is 0. The standard InChI is InChI=1S/C9H11Cl2NO2/c1-4(13)8(12)5-2-6(10)9(14)7(11)3-5/h2-4,8,13-14H,12H2,1H3/t4?,8-/m1/s1. The van der Waals surface area contributed by atoms with Crippen molar-refractivity contribution < 1.29 is 10.2 Å². The van der Waals surface area contributed by atoms with Crippen molar-refractivity contribution in [2.45, 2.75) is 19.1 Å². The molecule has 1 unspecified atom stereocenters. The van der Waals surface area contributed by atoms with Gasteiger partial charge in [0, 0.05) is 0 Å². The fraction of sp³-hybridized carbons (Fsp3) is 0.333. The van der Waals surface area contributed by atoms with E-state index in [4.69, 9.17) is 28.9 Å². The zero-order valence-corrected chi connectivity index (χ0v) is 9.05. The Hall–Kier alpha value is -0.480. The molecule has 1 aromatic rings. The van der Waals surface area contributed by atoms with Crippen LogP contribution < -0.4 is 5.73 Å². The topological polar surface area (TPSA) is 66.5 Å². The van der Waals surface area contributed by atoms with E-state index >= 15 is 0 Å². The zero-order chi connectivity index (χ0) is 10.9. The number of hydrogen-bond acceptors (Lipinski definition) is 3. The summed E-state index contributed by atoms with van der Waals surface area (Å²) in [7, 11) is 0. The maximum atomic E-state index is 9.28. The van der Waals surface area contributed by atoms with Crippen LogP contribution in [0.5, 0.6) is 5.75 Å². The Morgan fingerprint density at radius 3 is 2.07 bits per heavy atom. The number of rotatable bonds is 2. The molecule has 0 aliphatic rings. The molecule has 4 N–H and O–H groups in total. The van der Waals surface area contributed by atoms with Gasteiger partial charge in [-0.25, -0.2) is 0 Å². The van der Waals surface area contributed by atoms with Crippen molar-refractivity contribution in [3.63, 3.8) is 0 Å². The van der Waals surface area contributed by atoms with E-state index in [9.17, 15) is 10.2 Å². The van der Waals surface area contributed by atoms with Crippen LogP contribution in [0.25, 0.3) is 0 Å². The molecule has 5 heteroatoms. The second-order valence-electron chi connectivity index (χ2n) is 3.10. The summed E-state index contributed by atoms with van der Waals surface area (Å²) in [5.74, 6) is -0.171. The highest BCUT2D eigenvalue weighted by Gasteiger charge is 2.15. The number of hydrogen-bond donors (Lipinski definition) is 3. The average molecular weight is 236 g/mol. The van der Waals surface area contributed by atoms with Crippen LogP contribution in [0.4, 0.5) is 0 Å². The van der Waals surface area contributed by atoms with Gasteiger partial charge in [-0.05, 0) is 24.6 Å². The lowest BCUT2D eigenvalue weighted by molar-refractivity contribution is 0.164. The number of aliphatic hydroxyl groups is 1. The molecule has 0 aromatic heterocycles. The monoisotopic (exact) mass is 235 g/mol. The largest absolute Gasteiger partial charge is 0.505 e. The molecule has 1 rings (SSSR count). The molecule has 78 valence electrons. The summed E-state index contributed by atoms with van der Waals surface area (Å²) in [6.07, 6.45) is -0.702. The van der Waals surface area contributed by atoms with Crippen LogP contribution in [0.15, 0.2) is 12.1 Å². The maximum Gasteiger partial charge on any atom is 0.152 e. The summed E-state index contributed by atoms with van der Waals surface area (Å²) >= 11 is 11.4. The summed E-state index contributed by atoms with van der Waals surface area (Å²) < 4.78 is 0. The first-order valence-electron chi connectivity index (χ1n) is 4.05. The summed E-state index contributed by atoms with van der Waals surface area (Å²) in [6, 6.07) is 2.41. The Balaban J connectivity index is 3.12. The van der Waals surface area contributed by atoms with E-state index in [2.05, 4.69) is 0 Å². The third-order valence-electron chi connectivity index (χ3n) is 1.94. The molecule has 0 fully saturated rings. The number of nitrogens with two attached hydrogens (primary N) is 1. The molecule has 0 heterocycles. The van der Waals surface area contributed by atoms with Gasteiger partial charge in [-0.15, -0.1) is 0 Å². The van der Waals surface area contributed by atoms with Gasteiger partial charge >= 0.3 is 0 Å². The van der Waals surface area contributed by atoms with Crippen LogP contribution in [0.3, 0.4) is 0 Å². The highest BCUT2D eigenvalue weighted by molar-refractivity contribution is 6.37. The molecule has 3 nitrogen and oxygen atoms in total. The van der Waals surface area contributed by atoms with E-state index in [1.807, 2.05) is 0 Å². The van der Waals surface area contributed by atoms with Crippen molar-refractivity contribution in [3.05, 3.63) is 27.7 Å². The van der Waals surface area contributed by atoms with Crippen LogP contribution in [0.1, 0.15) is 18.5 Å². The zero-order valence-electron chi connectivity index (χ0n) is 7.54. The van der Waals surface area contributed by atoms with Gasteiger partial charge < -0.3 is 15.9 Å². The lowest BCUT2D eigenvalue weighted by atomic mass is 10.0. The average Bonchev–Trinajstić information content (AvgIpc) is 2.12. The maximum absolute atomic E-state index is 9.28. The third-order valence-corrected chi connectivity index (χ3v) is 2.52. The second kappa shape index (κ2) is 4.36. The minimum Gasteiger partial charge on any atom is -0.505 e. The van der Waals surface area contributed by atoms with Gasteiger partial charge in [0.2, 0.25) is 0 Å². The Kier molecular flexibility index (Phi) is 3.61. The summed E-state index contributed by atoms with van der Waals surface area (Å²) in [6.45, 7) is 1.57. The van der Waals surface area contributed by atoms with E-state index in [0.717, 1.165) is 0 Å². The van der Waals surface area contributed by atoms with E-state index in [0.29, 0.717) is 5.56 Å². The van der Waals surface area contributed by atoms with Crippen LogP contribution in [0.2, 0.25) is 10.0 Å². The van der Waals surface area contributed by atoms with Crippen molar-refractivity contribution in [2.75, 3.05) is 0 Å². The van der Waals surface area contributed by atoms with Gasteiger partial charge in [0.1, 0.15) is 0 Å². The molecule has 2 atom stereocenters. The molecular formula is C9H11Cl2NO2. The predicted molar refractivity (Wildman–Crippen MR) is 56.7 cm³/mol. The molecular weight excluding hydrogens is 225 g/mol. The third kappa shape index (κ3) is 2.30. The van der Waals surface area contributed by atoms with Gasteiger partial charge in [-0.2, -0.15) is 0 Å². The number of halogens is 2. The fourth-order valence-electron chi connectivity index (χ4n) is 1.06. The first kappa shape index (κ1) is 11.6. The molecule has 0 saturated heterocycles. The molecule has 14 heavy (non-hydrogen) atoms. The van der Waals surface area contributed by atoms with Crippen molar-refractivity contribution in [3.8, 4) is 5.75 Å². The number of aromatic hydroxyl groups is 1. The Morgan fingerprint density at radius 1 is 1.29 bits per heavy atom. The highest BCUT2D eigenvalue weighted by atomic mass is 35.5. The molecule has 0 bridgehead atoms. The summed E-state index contributed by atoms with van der Waals surface area (Å²) in [5, 5.41) is 18.8. The van der Waals surface area contributed by atoms with Crippen LogP contribution in [-0.2, 0) is 0 Å². The SMILES string of the molecule is CC(O)[C@@H](N)c1cc(Cl)c(O)c(Cl)c1. The Labute approximate surface area is 92.1 Å². The van der Waals surface area contributed by atoms with Gasteiger partial charge in [0.05, 0.1) is 22.2 Å². The predicted octanol–water partition coefficient (Wildman–Crippen LogP) is 2.08. The van der Waals surface area contributed by atoms with Crippen LogP contribution in [0, 0.1) is 0 Å². The lowest BCUT2D eigenvalue weighted by Gasteiger charge is -2.16. The van der Waals surface area contributed by atoms with Gasteiger partial charge in [-0.1, -0.05) is 23.2 Å². The number of aliphatic hydroxyl groups excluding tert-OH is 1. The van der Waals surface area contributed by atoms with Crippen molar-refractivity contribution in [2.24, 2.45) is 5.73 Å². The molecule has 0 amide bonds. The number of benzene rings is 1. The lowest BCUT2D eigenvalue weighted by Crippen LogP contribution is -2.23. The molecule has 0 saturated carbocycles. The molecule has 1 aromatic carbocycles. The van der Waals surface area contributed by atoms with Gasteiger partial charge in [0.15, 0.2) is 5.75 Å². The highest BCUT2D eigenvalue weighted by Crippen LogP contribution is 2.34. The van der Waals surface area contributed by atoms with E-state index in [1.54, 1.807) is 6.92 Å². The first-order valence-corrected chi connectivity index (χ1v) is 4.80. The number of phenols is 1. The van der Waals surface area contributed by atoms with Crippen molar-refractivity contribution >= 4 is 23.2 Å². The summed E-state index contributed by atoms with van der Waals surface area (Å²) in [5.41, 5.74) is 6.27. The van der Waals surface area contributed by atoms with Crippen LogP contribution >= 0.6 is 23.2 Å². The second-order valence-corrected chi connectivity index (χ2v) is 3.91. The first-order chi connectivity index (χ1) is 6.43. The molecule has 0 aliphatic heterocycles. The van der Waals surface area contributed by atoms with Crippen molar-refractivity contribution in [1.82, 2.24) is 0 Å². The number of phenolic OH excluding ortho intramolecular Hbond substituents is 1. The molecule has 0 spiro atoms. The van der Waals surface area contributed by atoms with Gasteiger partial charge in [-0.3, -0.25) is 0 Å². The van der Waals surface area contributed by atoms with E-state index in [-0.39, 0.29) is 15.8 Å². The van der Waals surface area contributed by atoms with E-state index < -0.39 is 12.1 Å². The minimum atomic E-state index is -0.702. The van der Waals surface area contributed by atoms with Gasteiger partial charge in [0.25, 0.3) is 0 Å². The Bertz CT molecular complexity index is 319.